The number of hydrogen-bond acceptors (Lipinski definition) is 4. The third kappa shape index (κ3) is 3.44. The molecule has 0 bridgehead atoms. The van der Waals surface area contributed by atoms with E-state index in [2.05, 4.69) is 20.4 Å². The number of aromatic amines is 1. The molecule has 1 amide bonds. The summed E-state index contributed by atoms with van der Waals surface area (Å²) in [5, 5.41) is 7.70. The van der Waals surface area contributed by atoms with Crippen molar-refractivity contribution in [3.05, 3.63) is 70.8 Å². The first kappa shape index (κ1) is 17.0. The van der Waals surface area contributed by atoms with Gasteiger partial charge in [0.25, 0.3) is 0 Å². The fourth-order valence-electron chi connectivity index (χ4n) is 3.11. The van der Waals surface area contributed by atoms with Crippen molar-refractivity contribution in [2.45, 2.75) is 25.9 Å². The Kier molecular flexibility index (Phi) is 4.42. The van der Waals surface area contributed by atoms with Gasteiger partial charge in [-0.05, 0) is 31.2 Å². The van der Waals surface area contributed by atoms with Gasteiger partial charge in [0.15, 0.2) is 0 Å². The van der Waals surface area contributed by atoms with Crippen molar-refractivity contribution in [1.29, 1.82) is 0 Å². The molecular formula is C20H19N5O2. The molecule has 136 valence electrons. The van der Waals surface area contributed by atoms with E-state index in [1.165, 1.54) is 6.20 Å². The number of H-pyrrole nitrogens is 1. The predicted molar refractivity (Wildman–Crippen MR) is 103 cm³/mol. The molecule has 2 N–H and O–H groups in total. The Labute approximate surface area is 155 Å². The lowest BCUT2D eigenvalue weighted by atomic mass is 10.2. The number of fused-ring (bicyclic) bond motifs is 2. The first-order chi connectivity index (χ1) is 13.1. The van der Waals surface area contributed by atoms with Gasteiger partial charge in [0.1, 0.15) is 5.82 Å². The molecule has 0 spiro atoms. The van der Waals surface area contributed by atoms with E-state index < -0.39 is 0 Å². The molecule has 0 saturated heterocycles. The van der Waals surface area contributed by atoms with E-state index in [1.807, 2.05) is 49.4 Å². The molecule has 2 heterocycles. The highest BCUT2D eigenvalue weighted by atomic mass is 16.1. The highest BCUT2D eigenvalue weighted by Gasteiger charge is 2.14. The maximum Gasteiger partial charge on any atom is 0.222 e. The molecule has 4 aromatic rings. The SMILES string of the molecule is CC(NC(=O)CCn1ncc(=O)c2ccccc21)c1nc2ccccc2[nH]1. The fourth-order valence-corrected chi connectivity index (χ4v) is 3.11. The number of para-hydroxylation sites is 3. The second-order valence-electron chi connectivity index (χ2n) is 6.43. The summed E-state index contributed by atoms with van der Waals surface area (Å²) in [6, 6.07) is 14.8. The van der Waals surface area contributed by atoms with Crippen LogP contribution in [0.3, 0.4) is 0 Å². The second kappa shape index (κ2) is 7.03. The van der Waals surface area contributed by atoms with Crippen LogP contribution in [0, 0.1) is 0 Å². The first-order valence-corrected chi connectivity index (χ1v) is 8.81. The number of nitrogens with zero attached hydrogens (tertiary/aromatic N) is 3. The van der Waals surface area contributed by atoms with Crippen LogP contribution in [0.1, 0.15) is 25.2 Å². The number of rotatable bonds is 5. The molecule has 4 rings (SSSR count). The summed E-state index contributed by atoms with van der Waals surface area (Å²) < 4.78 is 1.68. The number of hydrogen-bond donors (Lipinski definition) is 2. The third-order valence-electron chi connectivity index (χ3n) is 4.51. The Hall–Kier alpha value is -3.48. The number of imidazole rings is 1. The van der Waals surface area contributed by atoms with Crippen LogP contribution in [-0.2, 0) is 11.3 Å². The number of benzene rings is 2. The standard InChI is InChI=1S/C20H19N5O2/c1-13(20-23-15-7-3-4-8-16(15)24-20)22-19(27)10-11-25-17-9-5-2-6-14(17)18(26)12-21-25/h2-9,12-13H,10-11H2,1H3,(H,22,27)(H,23,24). The fraction of sp³-hybridized carbons (Fsp3) is 0.200. The summed E-state index contributed by atoms with van der Waals surface area (Å²) in [4.78, 5) is 32.0. The van der Waals surface area contributed by atoms with E-state index in [1.54, 1.807) is 10.7 Å². The van der Waals surface area contributed by atoms with Crippen LogP contribution in [0.15, 0.2) is 59.5 Å². The summed E-state index contributed by atoms with van der Waals surface area (Å²) in [7, 11) is 0. The zero-order chi connectivity index (χ0) is 18.8. The smallest absolute Gasteiger partial charge is 0.222 e. The van der Waals surface area contributed by atoms with Crippen molar-refractivity contribution in [1.82, 2.24) is 25.1 Å². The molecule has 2 aromatic heterocycles. The summed E-state index contributed by atoms with van der Waals surface area (Å²) >= 11 is 0. The second-order valence-corrected chi connectivity index (χ2v) is 6.43. The van der Waals surface area contributed by atoms with Crippen molar-refractivity contribution in [3.63, 3.8) is 0 Å². The maximum absolute atomic E-state index is 12.4. The molecule has 0 saturated carbocycles. The van der Waals surface area contributed by atoms with Crippen molar-refractivity contribution in [2.24, 2.45) is 0 Å². The number of nitrogens with one attached hydrogen (secondary N) is 2. The van der Waals surface area contributed by atoms with Crippen molar-refractivity contribution >= 4 is 27.8 Å². The van der Waals surface area contributed by atoms with Crippen LogP contribution in [0.4, 0.5) is 0 Å². The Morgan fingerprint density at radius 1 is 1.19 bits per heavy atom. The van der Waals surface area contributed by atoms with E-state index in [-0.39, 0.29) is 23.8 Å². The molecule has 2 aromatic carbocycles. The van der Waals surface area contributed by atoms with Gasteiger partial charge in [0.2, 0.25) is 11.3 Å². The number of aryl methyl sites for hydroxylation is 1. The number of amides is 1. The van der Waals surface area contributed by atoms with Gasteiger partial charge < -0.3 is 10.3 Å². The van der Waals surface area contributed by atoms with Gasteiger partial charge in [-0.15, -0.1) is 0 Å². The minimum absolute atomic E-state index is 0.104. The Morgan fingerprint density at radius 3 is 2.81 bits per heavy atom. The summed E-state index contributed by atoms with van der Waals surface area (Å²) in [6.07, 6.45) is 1.54. The Bertz CT molecular complexity index is 1140. The predicted octanol–water partition coefficient (Wildman–Crippen LogP) is 2.54. The van der Waals surface area contributed by atoms with E-state index in [9.17, 15) is 9.59 Å². The lowest BCUT2D eigenvalue weighted by Crippen LogP contribution is -2.28. The molecule has 7 heteroatoms. The topological polar surface area (TPSA) is 92.7 Å². The molecular weight excluding hydrogens is 342 g/mol. The highest BCUT2D eigenvalue weighted by Crippen LogP contribution is 2.15. The normalized spacial score (nSPS) is 12.3. The largest absolute Gasteiger partial charge is 0.346 e. The van der Waals surface area contributed by atoms with Gasteiger partial charge in [-0.25, -0.2) is 4.98 Å². The van der Waals surface area contributed by atoms with Crippen molar-refractivity contribution < 1.29 is 4.79 Å². The van der Waals surface area contributed by atoms with Crippen LogP contribution in [0.2, 0.25) is 0 Å². The number of aromatic nitrogens is 4. The average Bonchev–Trinajstić information content (AvgIpc) is 3.12. The van der Waals surface area contributed by atoms with Crippen LogP contribution >= 0.6 is 0 Å². The molecule has 0 radical (unpaired) electrons. The molecule has 27 heavy (non-hydrogen) atoms. The van der Waals surface area contributed by atoms with E-state index in [4.69, 9.17) is 0 Å². The van der Waals surface area contributed by atoms with Gasteiger partial charge in [-0.2, -0.15) is 5.10 Å². The molecule has 0 aliphatic rings. The molecule has 1 unspecified atom stereocenters. The van der Waals surface area contributed by atoms with Crippen molar-refractivity contribution in [2.75, 3.05) is 0 Å². The average molecular weight is 361 g/mol. The minimum atomic E-state index is -0.233. The molecule has 0 fully saturated rings. The van der Waals surface area contributed by atoms with Gasteiger partial charge in [-0.1, -0.05) is 24.3 Å². The van der Waals surface area contributed by atoms with E-state index in [0.717, 1.165) is 22.4 Å². The summed E-state index contributed by atoms with van der Waals surface area (Å²) in [5.41, 5.74) is 2.42. The van der Waals surface area contributed by atoms with Crippen LogP contribution in [-0.4, -0.2) is 25.7 Å². The Balaban J connectivity index is 1.44. The molecule has 7 nitrogen and oxygen atoms in total. The zero-order valence-electron chi connectivity index (χ0n) is 14.8. The summed E-state index contributed by atoms with van der Waals surface area (Å²) in [5.74, 6) is 0.615. The van der Waals surface area contributed by atoms with Gasteiger partial charge >= 0.3 is 0 Å². The van der Waals surface area contributed by atoms with Crippen LogP contribution < -0.4 is 10.7 Å². The van der Waals surface area contributed by atoms with Crippen LogP contribution in [0.5, 0.6) is 0 Å². The lowest BCUT2D eigenvalue weighted by molar-refractivity contribution is -0.122. The van der Waals surface area contributed by atoms with Gasteiger partial charge in [-0.3, -0.25) is 14.3 Å². The molecule has 1 atom stereocenters. The minimum Gasteiger partial charge on any atom is -0.346 e. The Morgan fingerprint density at radius 2 is 1.96 bits per heavy atom. The first-order valence-electron chi connectivity index (χ1n) is 8.81. The molecule has 0 aliphatic heterocycles. The third-order valence-corrected chi connectivity index (χ3v) is 4.51. The monoisotopic (exact) mass is 361 g/mol. The number of carbonyl (C=O) groups is 1. The summed E-state index contributed by atoms with van der Waals surface area (Å²) in [6.45, 7) is 2.28. The molecule has 0 aliphatic carbocycles. The number of carbonyl (C=O) groups excluding carboxylic acids is 1. The lowest BCUT2D eigenvalue weighted by Gasteiger charge is -2.13. The maximum atomic E-state index is 12.4. The van der Waals surface area contributed by atoms with Gasteiger partial charge in [0, 0.05) is 11.8 Å². The zero-order valence-corrected chi connectivity index (χ0v) is 14.8. The van der Waals surface area contributed by atoms with E-state index >= 15 is 0 Å². The highest BCUT2D eigenvalue weighted by molar-refractivity contribution is 5.79. The quantitative estimate of drug-likeness (QED) is 0.571. The van der Waals surface area contributed by atoms with Gasteiger partial charge in [0.05, 0.1) is 35.3 Å². The van der Waals surface area contributed by atoms with Crippen LogP contribution in [0.25, 0.3) is 21.9 Å². The van der Waals surface area contributed by atoms with Crippen molar-refractivity contribution in [3.8, 4) is 0 Å². The van der Waals surface area contributed by atoms with E-state index in [0.29, 0.717) is 11.9 Å².